The molecule has 0 aliphatic heterocycles. The Labute approximate surface area is 184 Å². The Kier molecular flexibility index (Phi) is 7.69. The van der Waals surface area contributed by atoms with Crippen LogP contribution in [0, 0.1) is 0 Å². The third kappa shape index (κ3) is 5.51. The van der Waals surface area contributed by atoms with Crippen LogP contribution in [-0.2, 0) is 19.5 Å². The molecule has 3 aromatic carbocycles. The molecule has 0 heterocycles. The zero-order valence-corrected chi connectivity index (χ0v) is 18.5. The molecule has 0 amide bonds. The van der Waals surface area contributed by atoms with Crippen LogP contribution in [0.5, 0.6) is 11.5 Å². The Morgan fingerprint density at radius 1 is 0.867 bits per heavy atom. The first kappa shape index (κ1) is 21.7. The molecular formula is C25H28N2O2S. The first-order valence-electron chi connectivity index (χ1n) is 10.0. The number of nitrogens with zero attached hydrogens (tertiary/aromatic N) is 1. The van der Waals surface area contributed by atoms with Gasteiger partial charge in [0.15, 0.2) is 5.11 Å². The Hall–Kier alpha value is -3.05. The largest absolute Gasteiger partial charge is 0.497 e. The van der Waals surface area contributed by atoms with Crippen molar-refractivity contribution in [3.8, 4) is 11.5 Å². The highest BCUT2D eigenvalue weighted by atomic mass is 32.1. The molecule has 0 spiro atoms. The second-order valence-electron chi connectivity index (χ2n) is 6.96. The summed E-state index contributed by atoms with van der Waals surface area (Å²) >= 11 is 5.85. The van der Waals surface area contributed by atoms with E-state index in [2.05, 4.69) is 47.5 Å². The number of methoxy groups -OCH3 is 2. The molecule has 0 radical (unpaired) electrons. The third-order valence-corrected chi connectivity index (χ3v) is 5.35. The Bertz CT molecular complexity index is 976. The van der Waals surface area contributed by atoms with Gasteiger partial charge >= 0.3 is 0 Å². The lowest BCUT2D eigenvalue weighted by Gasteiger charge is -2.27. The van der Waals surface area contributed by atoms with E-state index in [0.717, 1.165) is 29.2 Å². The molecule has 5 heteroatoms. The summed E-state index contributed by atoms with van der Waals surface area (Å²) in [6, 6.07) is 24.4. The van der Waals surface area contributed by atoms with E-state index in [4.69, 9.17) is 21.7 Å². The number of hydrogen-bond donors (Lipinski definition) is 1. The van der Waals surface area contributed by atoms with Crippen molar-refractivity contribution in [2.24, 2.45) is 0 Å². The van der Waals surface area contributed by atoms with Crippen molar-refractivity contribution < 1.29 is 9.47 Å². The van der Waals surface area contributed by atoms with Crippen LogP contribution in [0.4, 0.5) is 5.69 Å². The van der Waals surface area contributed by atoms with Crippen molar-refractivity contribution in [2.45, 2.75) is 26.4 Å². The molecule has 0 aliphatic rings. The Balaban J connectivity index is 1.89. The summed E-state index contributed by atoms with van der Waals surface area (Å²) in [5.74, 6) is 1.60. The molecule has 156 valence electrons. The van der Waals surface area contributed by atoms with Crippen LogP contribution < -0.4 is 14.8 Å². The molecule has 3 rings (SSSR count). The van der Waals surface area contributed by atoms with E-state index in [1.807, 2.05) is 42.5 Å². The van der Waals surface area contributed by atoms with Crippen LogP contribution in [0.25, 0.3) is 0 Å². The minimum Gasteiger partial charge on any atom is -0.497 e. The summed E-state index contributed by atoms with van der Waals surface area (Å²) in [4.78, 5) is 2.15. The van der Waals surface area contributed by atoms with E-state index in [1.54, 1.807) is 14.2 Å². The second-order valence-corrected chi connectivity index (χ2v) is 7.35. The zero-order chi connectivity index (χ0) is 21.3. The van der Waals surface area contributed by atoms with Gasteiger partial charge < -0.3 is 19.7 Å². The standard InChI is InChI=1S/C25H28N2O2S/c1-4-20-12-8-9-13-23(20)26-25(30)27(17-19-10-6-5-7-11-19)18-21-16-22(28-2)14-15-24(21)29-3/h5-16H,4,17-18H2,1-3H3,(H,26,30). The van der Waals surface area contributed by atoms with Gasteiger partial charge in [0.2, 0.25) is 0 Å². The van der Waals surface area contributed by atoms with Gasteiger partial charge in [-0.3, -0.25) is 0 Å². The molecule has 1 N–H and O–H groups in total. The van der Waals surface area contributed by atoms with Gasteiger partial charge in [0.25, 0.3) is 0 Å². The molecule has 0 saturated carbocycles. The maximum Gasteiger partial charge on any atom is 0.174 e. The molecule has 4 nitrogen and oxygen atoms in total. The van der Waals surface area contributed by atoms with Gasteiger partial charge in [-0.15, -0.1) is 0 Å². The number of ether oxygens (including phenoxy) is 2. The van der Waals surface area contributed by atoms with E-state index in [-0.39, 0.29) is 0 Å². The van der Waals surface area contributed by atoms with Crippen LogP contribution >= 0.6 is 12.2 Å². The highest BCUT2D eigenvalue weighted by molar-refractivity contribution is 7.80. The highest BCUT2D eigenvalue weighted by Gasteiger charge is 2.16. The molecule has 0 aromatic heterocycles. The predicted molar refractivity (Wildman–Crippen MR) is 127 cm³/mol. The van der Waals surface area contributed by atoms with E-state index in [1.165, 1.54) is 11.1 Å². The van der Waals surface area contributed by atoms with E-state index < -0.39 is 0 Å². The molecule has 0 bridgehead atoms. The molecule has 0 fully saturated rings. The summed E-state index contributed by atoms with van der Waals surface area (Å²) in [6.45, 7) is 3.42. The fraction of sp³-hybridized carbons (Fsp3) is 0.240. The Morgan fingerprint density at radius 2 is 1.60 bits per heavy atom. The molecule has 3 aromatic rings. The van der Waals surface area contributed by atoms with Gasteiger partial charge in [-0.1, -0.05) is 55.5 Å². The van der Waals surface area contributed by atoms with Gasteiger partial charge in [0.05, 0.1) is 14.2 Å². The van der Waals surface area contributed by atoms with Gasteiger partial charge in [0.1, 0.15) is 11.5 Å². The number of nitrogens with one attached hydrogen (secondary N) is 1. The lowest BCUT2D eigenvalue weighted by Crippen LogP contribution is -2.34. The van der Waals surface area contributed by atoms with Crippen LogP contribution in [0.1, 0.15) is 23.6 Å². The predicted octanol–water partition coefficient (Wildman–Crippen LogP) is 5.67. The highest BCUT2D eigenvalue weighted by Crippen LogP contribution is 2.26. The van der Waals surface area contributed by atoms with Gasteiger partial charge in [-0.25, -0.2) is 0 Å². The lowest BCUT2D eigenvalue weighted by molar-refractivity contribution is 0.372. The maximum atomic E-state index is 5.85. The SMILES string of the molecule is CCc1ccccc1NC(=S)N(Cc1ccccc1)Cc1cc(OC)ccc1OC. The maximum absolute atomic E-state index is 5.85. The van der Waals surface area contributed by atoms with E-state index in [9.17, 15) is 0 Å². The molecule has 30 heavy (non-hydrogen) atoms. The van der Waals surface area contributed by atoms with Crippen LogP contribution in [-0.4, -0.2) is 24.2 Å². The monoisotopic (exact) mass is 420 g/mol. The normalized spacial score (nSPS) is 10.4. The summed E-state index contributed by atoms with van der Waals surface area (Å²) in [5.41, 5.74) is 4.48. The third-order valence-electron chi connectivity index (χ3n) is 4.99. The number of para-hydroxylation sites is 1. The quantitative estimate of drug-likeness (QED) is 0.475. The van der Waals surface area contributed by atoms with Gasteiger partial charge in [0, 0.05) is 24.3 Å². The van der Waals surface area contributed by atoms with Crippen molar-refractivity contribution in [3.63, 3.8) is 0 Å². The molecular weight excluding hydrogens is 392 g/mol. The average Bonchev–Trinajstić information content (AvgIpc) is 2.79. The number of rotatable bonds is 8. The van der Waals surface area contributed by atoms with Crippen LogP contribution in [0.3, 0.4) is 0 Å². The number of hydrogen-bond acceptors (Lipinski definition) is 3. The van der Waals surface area contributed by atoms with Crippen molar-refractivity contribution in [2.75, 3.05) is 19.5 Å². The first-order chi connectivity index (χ1) is 14.6. The summed E-state index contributed by atoms with van der Waals surface area (Å²) in [5, 5.41) is 4.12. The first-order valence-corrected chi connectivity index (χ1v) is 10.4. The van der Waals surface area contributed by atoms with Crippen molar-refractivity contribution in [1.82, 2.24) is 4.90 Å². The van der Waals surface area contributed by atoms with Gasteiger partial charge in [-0.2, -0.15) is 0 Å². The molecule has 0 saturated heterocycles. The van der Waals surface area contributed by atoms with Crippen molar-refractivity contribution in [1.29, 1.82) is 0 Å². The van der Waals surface area contributed by atoms with E-state index >= 15 is 0 Å². The number of thiocarbonyl (C=S) groups is 1. The summed E-state index contributed by atoms with van der Waals surface area (Å²) in [6.07, 6.45) is 0.939. The topological polar surface area (TPSA) is 33.7 Å². The average molecular weight is 421 g/mol. The van der Waals surface area contributed by atoms with Crippen molar-refractivity contribution >= 4 is 23.0 Å². The smallest absolute Gasteiger partial charge is 0.174 e. The lowest BCUT2D eigenvalue weighted by atomic mass is 10.1. The number of anilines is 1. The summed E-state index contributed by atoms with van der Waals surface area (Å²) < 4.78 is 11.0. The minimum atomic E-state index is 0.593. The molecule has 0 atom stereocenters. The van der Waals surface area contributed by atoms with Gasteiger partial charge in [-0.05, 0) is 54.0 Å². The van der Waals surface area contributed by atoms with Crippen LogP contribution in [0.15, 0.2) is 72.8 Å². The minimum absolute atomic E-state index is 0.593. The summed E-state index contributed by atoms with van der Waals surface area (Å²) in [7, 11) is 3.35. The second kappa shape index (κ2) is 10.6. The van der Waals surface area contributed by atoms with Crippen molar-refractivity contribution in [3.05, 3.63) is 89.5 Å². The van der Waals surface area contributed by atoms with E-state index in [0.29, 0.717) is 18.2 Å². The van der Waals surface area contributed by atoms with Crippen LogP contribution in [0.2, 0.25) is 0 Å². The fourth-order valence-corrected chi connectivity index (χ4v) is 3.60. The molecule has 0 unspecified atom stereocenters. The molecule has 0 aliphatic carbocycles. The number of aryl methyl sites for hydroxylation is 1. The fourth-order valence-electron chi connectivity index (χ4n) is 3.36. The Morgan fingerprint density at radius 3 is 2.30 bits per heavy atom. The number of benzene rings is 3. The zero-order valence-electron chi connectivity index (χ0n) is 17.7.